The van der Waals surface area contributed by atoms with E-state index >= 15 is 0 Å². The third-order valence-corrected chi connectivity index (χ3v) is 6.52. The van der Waals surface area contributed by atoms with E-state index in [0.29, 0.717) is 13.2 Å². The highest BCUT2D eigenvalue weighted by atomic mass is 16.5. The fraction of sp³-hybridized carbons (Fsp3) is 0.500. The molecule has 2 aliphatic heterocycles. The number of nitriles is 1. The van der Waals surface area contributed by atoms with E-state index in [-0.39, 0.29) is 5.92 Å². The zero-order valence-electron chi connectivity index (χ0n) is 18.2. The minimum absolute atomic E-state index is 0.225. The van der Waals surface area contributed by atoms with Crippen LogP contribution in [0.15, 0.2) is 48.5 Å². The van der Waals surface area contributed by atoms with Crippen LogP contribution in [0.3, 0.4) is 0 Å². The monoisotopic (exact) mass is 419 g/mol. The third kappa shape index (κ3) is 6.30. The molecule has 1 saturated heterocycles. The van der Waals surface area contributed by atoms with Gasteiger partial charge >= 0.3 is 0 Å². The molecule has 0 saturated carbocycles. The van der Waals surface area contributed by atoms with Crippen LogP contribution in [0.5, 0.6) is 5.75 Å². The van der Waals surface area contributed by atoms with Crippen molar-refractivity contribution in [2.75, 3.05) is 39.3 Å². The topological polar surface area (TPSA) is 59.7 Å². The maximum absolute atomic E-state index is 10.5. The van der Waals surface area contributed by atoms with E-state index in [0.717, 1.165) is 64.2 Å². The van der Waals surface area contributed by atoms with Crippen LogP contribution in [-0.4, -0.2) is 60.3 Å². The largest absolute Gasteiger partial charge is 0.491 e. The first-order valence-corrected chi connectivity index (χ1v) is 11.5. The Morgan fingerprint density at radius 2 is 1.58 bits per heavy atom. The Bertz CT molecular complexity index is 842. The van der Waals surface area contributed by atoms with Gasteiger partial charge in [0.1, 0.15) is 18.5 Å². The summed E-state index contributed by atoms with van der Waals surface area (Å²) < 4.78 is 5.85. The molecule has 0 amide bonds. The second-order valence-corrected chi connectivity index (χ2v) is 8.86. The normalized spacial score (nSPS) is 19.2. The van der Waals surface area contributed by atoms with Gasteiger partial charge in [0, 0.05) is 32.1 Å². The van der Waals surface area contributed by atoms with Crippen molar-refractivity contribution in [2.45, 2.75) is 38.3 Å². The van der Waals surface area contributed by atoms with Gasteiger partial charge < -0.3 is 9.84 Å². The first-order chi connectivity index (χ1) is 15.2. The third-order valence-electron chi connectivity index (χ3n) is 6.52. The number of nitrogens with zero attached hydrogens (tertiary/aromatic N) is 3. The van der Waals surface area contributed by atoms with E-state index < -0.39 is 6.10 Å². The molecule has 0 spiro atoms. The summed E-state index contributed by atoms with van der Waals surface area (Å²) in [6.45, 7) is 5.81. The lowest BCUT2D eigenvalue weighted by molar-refractivity contribution is 0.0696. The van der Waals surface area contributed by atoms with Gasteiger partial charge in [-0.2, -0.15) is 5.26 Å². The number of aliphatic hydroxyl groups excluding tert-OH is 1. The molecule has 5 heteroatoms. The number of ether oxygens (including phenoxy) is 1. The van der Waals surface area contributed by atoms with Crippen molar-refractivity contribution < 1.29 is 9.84 Å². The van der Waals surface area contributed by atoms with Crippen LogP contribution in [0.1, 0.15) is 29.5 Å². The summed E-state index contributed by atoms with van der Waals surface area (Å²) in [6.07, 6.45) is 3.53. The van der Waals surface area contributed by atoms with Gasteiger partial charge in [0.05, 0.1) is 6.07 Å². The molecule has 2 aromatic rings. The lowest BCUT2D eigenvalue weighted by Gasteiger charge is -2.29. The zero-order chi connectivity index (χ0) is 21.5. The van der Waals surface area contributed by atoms with Crippen LogP contribution in [0, 0.1) is 17.2 Å². The molecular weight excluding hydrogens is 386 g/mol. The van der Waals surface area contributed by atoms with Gasteiger partial charge in [-0.25, -0.2) is 0 Å². The molecule has 2 aliphatic rings. The molecule has 1 fully saturated rings. The van der Waals surface area contributed by atoms with Gasteiger partial charge in [-0.1, -0.05) is 36.4 Å². The second-order valence-electron chi connectivity index (χ2n) is 8.86. The Kier molecular flexibility index (Phi) is 7.58. The minimum atomic E-state index is -0.498. The zero-order valence-corrected chi connectivity index (χ0v) is 18.2. The van der Waals surface area contributed by atoms with Crippen molar-refractivity contribution in [3.63, 3.8) is 0 Å². The highest BCUT2D eigenvalue weighted by Crippen LogP contribution is 2.20. The number of rotatable bonds is 7. The molecule has 1 N–H and O–H groups in total. The number of hydrogen-bond acceptors (Lipinski definition) is 5. The molecule has 1 unspecified atom stereocenters. The van der Waals surface area contributed by atoms with Crippen LogP contribution in [-0.2, 0) is 19.4 Å². The summed E-state index contributed by atoms with van der Waals surface area (Å²) in [6, 6.07) is 19.2. The van der Waals surface area contributed by atoms with Gasteiger partial charge in [-0.15, -0.1) is 0 Å². The van der Waals surface area contributed by atoms with E-state index in [1.54, 1.807) is 0 Å². The fourth-order valence-corrected chi connectivity index (χ4v) is 4.61. The molecule has 2 aromatic carbocycles. The Morgan fingerprint density at radius 3 is 2.19 bits per heavy atom. The van der Waals surface area contributed by atoms with E-state index in [4.69, 9.17) is 10.00 Å². The average molecular weight is 420 g/mol. The van der Waals surface area contributed by atoms with Crippen LogP contribution in [0.2, 0.25) is 0 Å². The molecule has 164 valence electrons. The second kappa shape index (κ2) is 10.8. The van der Waals surface area contributed by atoms with Crippen LogP contribution in [0.25, 0.3) is 0 Å². The van der Waals surface area contributed by atoms with Crippen molar-refractivity contribution in [2.24, 2.45) is 5.92 Å². The van der Waals surface area contributed by atoms with Gasteiger partial charge in [-0.05, 0) is 67.6 Å². The van der Waals surface area contributed by atoms with Gasteiger partial charge in [-0.3, -0.25) is 9.80 Å². The molecule has 0 radical (unpaired) electrons. The summed E-state index contributed by atoms with van der Waals surface area (Å²) in [7, 11) is 0. The van der Waals surface area contributed by atoms with E-state index in [1.165, 1.54) is 16.7 Å². The molecule has 5 nitrogen and oxygen atoms in total. The molecule has 0 aliphatic carbocycles. The lowest BCUT2D eigenvalue weighted by Crippen LogP contribution is -2.37. The van der Waals surface area contributed by atoms with E-state index in [1.807, 2.05) is 12.1 Å². The highest BCUT2D eigenvalue weighted by molar-refractivity contribution is 5.29. The summed E-state index contributed by atoms with van der Waals surface area (Å²) in [5, 5.41) is 19.5. The van der Waals surface area contributed by atoms with Crippen molar-refractivity contribution in [3.05, 3.63) is 65.2 Å². The molecule has 2 heterocycles. The molecule has 4 rings (SSSR count). The van der Waals surface area contributed by atoms with Crippen LogP contribution < -0.4 is 4.74 Å². The first-order valence-electron chi connectivity index (χ1n) is 11.5. The minimum Gasteiger partial charge on any atom is -0.491 e. The smallest absolute Gasteiger partial charge is 0.119 e. The summed E-state index contributed by atoms with van der Waals surface area (Å²) >= 11 is 0. The van der Waals surface area contributed by atoms with Crippen molar-refractivity contribution in [1.82, 2.24) is 9.80 Å². The summed E-state index contributed by atoms with van der Waals surface area (Å²) in [4.78, 5) is 4.75. The number of piperidine rings is 1. The lowest BCUT2D eigenvalue weighted by atomic mass is 9.98. The van der Waals surface area contributed by atoms with Crippen LogP contribution >= 0.6 is 0 Å². The number of β-amino-alcohol motifs (C(OH)–C–C–N with tert-alkyl or cyclic N) is 1. The first kappa shape index (κ1) is 21.8. The SMILES string of the molecule is N#CC1CCN(Cc2ccc(OCC(O)CN3CCc4ccccc4CC3)cc2)CC1. The highest BCUT2D eigenvalue weighted by Gasteiger charge is 2.19. The average Bonchev–Trinajstić information content (AvgIpc) is 3.02. The van der Waals surface area contributed by atoms with E-state index in [2.05, 4.69) is 52.3 Å². The van der Waals surface area contributed by atoms with Gasteiger partial charge in [0.2, 0.25) is 0 Å². The number of benzene rings is 2. The van der Waals surface area contributed by atoms with Gasteiger partial charge in [0.15, 0.2) is 0 Å². The number of hydrogen-bond donors (Lipinski definition) is 1. The van der Waals surface area contributed by atoms with Crippen LogP contribution in [0.4, 0.5) is 0 Å². The summed E-state index contributed by atoms with van der Waals surface area (Å²) in [5.41, 5.74) is 4.13. The van der Waals surface area contributed by atoms with E-state index in [9.17, 15) is 5.11 Å². The standard InChI is InChI=1S/C26H33N3O2/c27-17-21-9-13-28(14-10-21)18-22-5-7-26(8-6-22)31-20-25(30)19-29-15-11-23-3-1-2-4-24(23)12-16-29/h1-8,21,25,30H,9-16,18-20H2. The Balaban J connectivity index is 1.18. The van der Waals surface area contributed by atoms with Gasteiger partial charge in [0.25, 0.3) is 0 Å². The number of fused-ring (bicyclic) bond motifs is 1. The number of likely N-dealkylation sites (tertiary alicyclic amines) is 1. The Hall–Kier alpha value is -2.39. The molecule has 0 bridgehead atoms. The number of aliphatic hydroxyl groups is 1. The maximum Gasteiger partial charge on any atom is 0.119 e. The van der Waals surface area contributed by atoms with Crippen molar-refractivity contribution in [3.8, 4) is 11.8 Å². The fourth-order valence-electron chi connectivity index (χ4n) is 4.61. The van der Waals surface area contributed by atoms with Crippen molar-refractivity contribution >= 4 is 0 Å². The molecule has 0 aromatic heterocycles. The molecule has 31 heavy (non-hydrogen) atoms. The quantitative estimate of drug-likeness (QED) is 0.747. The molecular formula is C26H33N3O2. The summed E-state index contributed by atoms with van der Waals surface area (Å²) in [5.74, 6) is 1.03. The molecule has 1 atom stereocenters. The van der Waals surface area contributed by atoms with Crippen molar-refractivity contribution in [1.29, 1.82) is 5.26 Å². The maximum atomic E-state index is 10.5. The Labute approximate surface area is 185 Å². The predicted octanol–water partition coefficient (Wildman–Crippen LogP) is 3.26. The Morgan fingerprint density at radius 1 is 0.935 bits per heavy atom. The predicted molar refractivity (Wildman–Crippen MR) is 122 cm³/mol.